The van der Waals surface area contributed by atoms with Crippen LogP contribution in [0.1, 0.15) is 59.8 Å². The first-order chi connectivity index (χ1) is 17.4. The number of β-amino-alcohol motifs (C(OH)–C–C–N with tert-alkyl or cyclic N) is 1. The third-order valence-corrected chi connectivity index (χ3v) is 6.35. The molecule has 0 spiro atoms. The van der Waals surface area contributed by atoms with Crippen molar-refractivity contribution in [1.29, 1.82) is 0 Å². The zero-order chi connectivity index (χ0) is 27.8. The van der Waals surface area contributed by atoms with Crippen LogP contribution in [0.4, 0.5) is 0 Å². The van der Waals surface area contributed by atoms with Gasteiger partial charge in [-0.05, 0) is 47.0 Å². The second kappa shape index (κ2) is 13.2. The number of hydrogen-bond donors (Lipinski definition) is 2. The van der Waals surface area contributed by atoms with Crippen molar-refractivity contribution in [1.82, 2.24) is 10.2 Å². The normalized spacial score (nSPS) is 25.6. The Morgan fingerprint density at radius 1 is 1.24 bits per heavy atom. The van der Waals surface area contributed by atoms with E-state index in [1.54, 1.807) is 39.8 Å². The van der Waals surface area contributed by atoms with Crippen LogP contribution in [-0.4, -0.2) is 83.4 Å². The van der Waals surface area contributed by atoms with E-state index in [-0.39, 0.29) is 38.5 Å². The van der Waals surface area contributed by atoms with Crippen LogP contribution >= 0.6 is 0 Å². The van der Waals surface area contributed by atoms with E-state index < -0.39 is 53.0 Å². The molecule has 2 amide bonds. The van der Waals surface area contributed by atoms with Crippen LogP contribution in [0.2, 0.25) is 0 Å². The van der Waals surface area contributed by atoms with E-state index in [1.807, 2.05) is 0 Å². The van der Waals surface area contributed by atoms with Gasteiger partial charge in [0.05, 0.1) is 31.7 Å². The Balaban J connectivity index is 2.17. The molecule has 0 unspecified atom stereocenters. The number of aliphatic hydroxyl groups is 1. The second-order valence-electron chi connectivity index (χ2n) is 10.6. The number of aliphatic hydroxyl groups excluding tert-OH is 1. The Kier molecular flexibility index (Phi) is 10.9. The summed E-state index contributed by atoms with van der Waals surface area (Å²) in [5.41, 5.74) is -1.95. The van der Waals surface area contributed by atoms with Gasteiger partial charge in [0, 0.05) is 25.5 Å². The molecule has 1 heterocycles. The number of rotatable bonds is 14. The lowest BCUT2D eigenvalue weighted by atomic mass is 10.0. The minimum absolute atomic E-state index is 0.00852. The van der Waals surface area contributed by atoms with Gasteiger partial charge in [0.15, 0.2) is 0 Å². The van der Waals surface area contributed by atoms with Crippen molar-refractivity contribution < 1.29 is 38.5 Å². The van der Waals surface area contributed by atoms with Gasteiger partial charge in [-0.25, -0.2) is 4.79 Å². The Morgan fingerprint density at radius 3 is 2.51 bits per heavy atom. The number of allylic oxidation sites excluding steroid dienone is 1. The average molecular weight is 523 g/mol. The molecule has 208 valence electrons. The fourth-order valence-corrected chi connectivity index (χ4v) is 4.46. The summed E-state index contributed by atoms with van der Waals surface area (Å²) in [4.78, 5) is 53.3. The molecule has 5 atom stereocenters. The van der Waals surface area contributed by atoms with Crippen molar-refractivity contribution in [3.8, 4) is 0 Å². The van der Waals surface area contributed by atoms with Gasteiger partial charge in [0.2, 0.25) is 11.8 Å². The molecule has 0 radical (unpaired) electrons. The summed E-state index contributed by atoms with van der Waals surface area (Å²) in [6.45, 7) is 14.7. The quantitative estimate of drug-likeness (QED) is 0.201. The van der Waals surface area contributed by atoms with Crippen molar-refractivity contribution >= 4 is 23.8 Å². The number of nitrogens with zero attached hydrogens (tertiary/aromatic N) is 1. The van der Waals surface area contributed by atoms with Crippen LogP contribution in [0.25, 0.3) is 0 Å². The van der Waals surface area contributed by atoms with E-state index in [0.29, 0.717) is 19.4 Å². The van der Waals surface area contributed by atoms with Gasteiger partial charge >= 0.3 is 11.9 Å². The molecule has 10 nitrogen and oxygen atoms in total. The number of amides is 2. The highest BCUT2D eigenvalue weighted by Crippen LogP contribution is 2.45. The lowest BCUT2D eigenvalue weighted by Gasteiger charge is -2.29. The summed E-state index contributed by atoms with van der Waals surface area (Å²) < 4.78 is 16.2. The molecule has 2 aliphatic rings. The van der Waals surface area contributed by atoms with E-state index in [1.165, 1.54) is 4.90 Å². The Bertz CT molecular complexity index is 867. The molecule has 2 rings (SSSR count). The van der Waals surface area contributed by atoms with Crippen molar-refractivity contribution in [3.63, 3.8) is 0 Å². The molecule has 1 saturated carbocycles. The first-order valence-electron chi connectivity index (χ1n) is 12.9. The number of carbonyl (C=O) groups is 4. The first kappa shape index (κ1) is 30.5. The lowest BCUT2D eigenvalue weighted by molar-refractivity contribution is -0.160. The van der Waals surface area contributed by atoms with E-state index >= 15 is 0 Å². The van der Waals surface area contributed by atoms with Gasteiger partial charge in [-0.15, -0.1) is 13.2 Å². The fraction of sp³-hybridized carbons (Fsp3) is 0.704. The van der Waals surface area contributed by atoms with Crippen LogP contribution in [0, 0.1) is 11.8 Å². The van der Waals surface area contributed by atoms with Gasteiger partial charge in [-0.3, -0.25) is 14.4 Å². The zero-order valence-electron chi connectivity index (χ0n) is 22.5. The molecule has 0 aromatic heterocycles. The number of ether oxygens (including phenoxy) is 3. The third kappa shape index (κ3) is 8.39. The summed E-state index contributed by atoms with van der Waals surface area (Å²) in [6.07, 6.45) is 4.01. The molecule has 0 aromatic rings. The predicted octanol–water partition coefficient (Wildman–Crippen LogP) is 1.90. The molecule has 0 bridgehead atoms. The molecular formula is C27H42N2O8. The molecule has 10 heteroatoms. The third-order valence-electron chi connectivity index (χ3n) is 6.35. The number of hydrogen-bond acceptors (Lipinski definition) is 8. The number of carbonyl (C=O) groups excluding carboxylic acids is 4. The SMILES string of the molecule is C=CCCCOC[C@H](CC(=O)OC(C)(C)C)C(=O)N1C[C@H](O)C[C@H]1C(=O)N[C@]1(C(=O)OCC)C[C@H]1C=C. The first-order valence-corrected chi connectivity index (χ1v) is 12.9. The highest BCUT2D eigenvalue weighted by atomic mass is 16.6. The van der Waals surface area contributed by atoms with E-state index in [9.17, 15) is 24.3 Å². The molecule has 2 fully saturated rings. The molecular weight excluding hydrogens is 480 g/mol. The molecule has 1 aliphatic carbocycles. The number of esters is 2. The van der Waals surface area contributed by atoms with Crippen LogP contribution in [0.15, 0.2) is 25.3 Å². The monoisotopic (exact) mass is 522 g/mol. The number of nitrogens with one attached hydrogen (secondary N) is 1. The maximum Gasteiger partial charge on any atom is 0.332 e. The zero-order valence-corrected chi connectivity index (χ0v) is 22.5. The van der Waals surface area contributed by atoms with Gasteiger partial charge in [0.1, 0.15) is 17.2 Å². The summed E-state index contributed by atoms with van der Waals surface area (Å²) >= 11 is 0. The molecule has 37 heavy (non-hydrogen) atoms. The van der Waals surface area contributed by atoms with Crippen molar-refractivity contribution in [2.45, 2.75) is 83.1 Å². The van der Waals surface area contributed by atoms with Crippen molar-refractivity contribution in [3.05, 3.63) is 25.3 Å². The number of likely N-dealkylation sites (tertiary alicyclic amines) is 1. The molecule has 0 aromatic carbocycles. The standard InChI is InChI=1S/C27H42N2O8/c1-7-10-11-12-35-17-18(13-22(31)37-26(4,5)6)24(33)29-16-20(30)14-21(29)23(32)28-27(15-19(27)8-2)25(34)36-9-3/h7-8,18-21,30H,1-2,9-17H2,3-6H3,(H,28,32)/t18-,19+,20+,21-,27+/m0/s1. The summed E-state index contributed by atoms with van der Waals surface area (Å²) in [6, 6.07) is -1.01. The molecule has 1 aliphatic heterocycles. The van der Waals surface area contributed by atoms with E-state index in [0.717, 1.165) is 6.42 Å². The Hall–Kier alpha value is -2.72. The maximum atomic E-state index is 13.6. The highest BCUT2D eigenvalue weighted by molar-refractivity contribution is 5.96. The van der Waals surface area contributed by atoms with Crippen LogP contribution in [0.5, 0.6) is 0 Å². The van der Waals surface area contributed by atoms with Gasteiger partial charge < -0.3 is 29.5 Å². The van der Waals surface area contributed by atoms with Crippen LogP contribution in [-0.2, 0) is 33.4 Å². The molecule has 2 N–H and O–H groups in total. The smallest absolute Gasteiger partial charge is 0.332 e. The Labute approximate surface area is 219 Å². The van der Waals surface area contributed by atoms with Crippen LogP contribution < -0.4 is 5.32 Å². The van der Waals surface area contributed by atoms with E-state index in [4.69, 9.17) is 14.2 Å². The topological polar surface area (TPSA) is 131 Å². The lowest BCUT2D eigenvalue weighted by Crippen LogP contribution is -2.54. The van der Waals surface area contributed by atoms with Crippen molar-refractivity contribution in [2.75, 3.05) is 26.4 Å². The van der Waals surface area contributed by atoms with Gasteiger partial charge in [-0.2, -0.15) is 0 Å². The van der Waals surface area contributed by atoms with Crippen molar-refractivity contribution in [2.24, 2.45) is 11.8 Å². The average Bonchev–Trinajstić information content (AvgIpc) is 3.39. The van der Waals surface area contributed by atoms with Crippen LogP contribution in [0.3, 0.4) is 0 Å². The minimum atomic E-state index is -1.22. The predicted molar refractivity (Wildman–Crippen MR) is 136 cm³/mol. The van der Waals surface area contributed by atoms with Gasteiger partial charge in [0.25, 0.3) is 0 Å². The minimum Gasteiger partial charge on any atom is -0.464 e. The Morgan fingerprint density at radius 2 is 1.95 bits per heavy atom. The largest absolute Gasteiger partial charge is 0.464 e. The fourth-order valence-electron chi connectivity index (χ4n) is 4.46. The second-order valence-corrected chi connectivity index (χ2v) is 10.6. The summed E-state index contributed by atoms with van der Waals surface area (Å²) in [5.74, 6) is -3.36. The highest BCUT2D eigenvalue weighted by Gasteiger charge is 2.62. The molecule has 1 saturated heterocycles. The number of unbranched alkanes of at least 4 members (excludes halogenated alkanes) is 1. The summed E-state index contributed by atoms with van der Waals surface area (Å²) in [7, 11) is 0. The van der Waals surface area contributed by atoms with Gasteiger partial charge in [-0.1, -0.05) is 12.2 Å². The maximum absolute atomic E-state index is 13.6. The van der Waals surface area contributed by atoms with E-state index in [2.05, 4.69) is 18.5 Å². The summed E-state index contributed by atoms with van der Waals surface area (Å²) in [5, 5.41) is 13.1.